The minimum absolute atomic E-state index is 0.280. The van der Waals surface area contributed by atoms with E-state index in [2.05, 4.69) is 23.3 Å². The lowest BCUT2D eigenvalue weighted by molar-refractivity contribution is 0.224. The number of likely N-dealkylation sites (N-methyl/N-ethyl adjacent to an activating group) is 1. The summed E-state index contributed by atoms with van der Waals surface area (Å²) in [6, 6.07) is 8.28. The van der Waals surface area contributed by atoms with Gasteiger partial charge in [-0.2, -0.15) is 0 Å². The second-order valence-corrected chi connectivity index (χ2v) is 4.82. The minimum Gasteiger partial charge on any atom is -0.497 e. The monoisotopic (exact) mass is 246 g/mol. The molecule has 0 bridgehead atoms. The first-order valence-corrected chi connectivity index (χ1v) is 6.25. The predicted octanol–water partition coefficient (Wildman–Crippen LogP) is 2.02. The second-order valence-electron chi connectivity index (χ2n) is 4.82. The zero-order valence-corrected chi connectivity index (χ0v) is 10.8. The molecular weight excluding hydrogens is 228 g/mol. The highest BCUT2D eigenvalue weighted by molar-refractivity contribution is 5.79. The molecule has 0 spiro atoms. The van der Waals surface area contributed by atoms with Crippen molar-refractivity contribution >= 4 is 11.0 Å². The molecule has 2 aromatic rings. The van der Waals surface area contributed by atoms with Gasteiger partial charge in [-0.3, -0.25) is 0 Å². The Morgan fingerprint density at radius 2 is 2.28 bits per heavy atom. The van der Waals surface area contributed by atoms with E-state index in [4.69, 9.17) is 9.15 Å². The molecule has 1 N–H and O–H groups in total. The van der Waals surface area contributed by atoms with Gasteiger partial charge in [0.15, 0.2) is 0 Å². The SMILES string of the molecule is COc1ccc2oc(C3CN(C)CCN3)cc2c1. The molecule has 1 saturated heterocycles. The molecule has 1 aromatic heterocycles. The van der Waals surface area contributed by atoms with Crippen molar-refractivity contribution in [1.29, 1.82) is 0 Å². The molecule has 0 radical (unpaired) electrons. The summed E-state index contributed by atoms with van der Waals surface area (Å²) >= 11 is 0. The van der Waals surface area contributed by atoms with Gasteiger partial charge in [-0.15, -0.1) is 0 Å². The van der Waals surface area contributed by atoms with Crippen molar-refractivity contribution in [2.75, 3.05) is 33.8 Å². The Morgan fingerprint density at radius 3 is 3.06 bits per heavy atom. The summed E-state index contributed by atoms with van der Waals surface area (Å²) in [5, 5.41) is 4.59. The Balaban J connectivity index is 1.92. The van der Waals surface area contributed by atoms with Crippen molar-refractivity contribution in [1.82, 2.24) is 10.2 Å². The van der Waals surface area contributed by atoms with E-state index >= 15 is 0 Å². The maximum absolute atomic E-state index is 5.91. The second kappa shape index (κ2) is 4.63. The van der Waals surface area contributed by atoms with E-state index in [9.17, 15) is 0 Å². The number of methoxy groups -OCH3 is 1. The number of nitrogens with one attached hydrogen (secondary N) is 1. The van der Waals surface area contributed by atoms with E-state index in [0.717, 1.165) is 42.1 Å². The smallest absolute Gasteiger partial charge is 0.134 e. The lowest BCUT2D eigenvalue weighted by Gasteiger charge is -2.29. The number of furan rings is 1. The standard InChI is InChI=1S/C14H18N2O2/c1-16-6-5-15-12(9-16)14-8-10-7-11(17-2)3-4-13(10)18-14/h3-4,7-8,12,15H,5-6,9H2,1-2H3. The van der Waals surface area contributed by atoms with Crippen LogP contribution in [0, 0.1) is 0 Å². The third kappa shape index (κ3) is 2.09. The first-order valence-electron chi connectivity index (χ1n) is 6.25. The van der Waals surface area contributed by atoms with Gasteiger partial charge in [-0.25, -0.2) is 0 Å². The highest BCUT2D eigenvalue weighted by Gasteiger charge is 2.21. The van der Waals surface area contributed by atoms with Crippen LogP contribution in [-0.4, -0.2) is 38.7 Å². The van der Waals surface area contributed by atoms with Crippen LogP contribution < -0.4 is 10.1 Å². The van der Waals surface area contributed by atoms with E-state index < -0.39 is 0 Å². The minimum atomic E-state index is 0.280. The summed E-state index contributed by atoms with van der Waals surface area (Å²) in [5.41, 5.74) is 0.917. The van der Waals surface area contributed by atoms with E-state index in [1.807, 2.05) is 18.2 Å². The molecule has 96 valence electrons. The van der Waals surface area contributed by atoms with Gasteiger partial charge in [-0.1, -0.05) is 0 Å². The molecule has 1 fully saturated rings. The molecule has 18 heavy (non-hydrogen) atoms. The number of hydrogen-bond donors (Lipinski definition) is 1. The summed E-state index contributed by atoms with van der Waals surface area (Å²) in [6.45, 7) is 3.07. The zero-order valence-electron chi connectivity index (χ0n) is 10.8. The summed E-state index contributed by atoms with van der Waals surface area (Å²) in [5.74, 6) is 1.87. The van der Waals surface area contributed by atoms with E-state index in [-0.39, 0.29) is 6.04 Å². The van der Waals surface area contributed by atoms with E-state index in [0.29, 0.717) is 0 Å². The third-order valence-corrected chi connectivity index (χ3v) is 3.46. The summed E-state index contributed by atoms with van der Waals surface area (Å²) < 4.78 is 11.1. The molecule has 0 amide bonds. The number of nitrogens with zero attached hydrogens (tertiary/aromatic N) is 1. The van der Waals surface area contributed by atoms with Crippen molar-refractivity contribution in [3.63, 3.8) is 0 Å². The number of hydrogen-bond acceptors (Lipinski definition) is 4. The Bertz CT molecular complexity index is 550. The van der Waals surface area contributed by atoms with Crippen LogP contribution in [0.3, 0.4) is 0 Å². The molecule has 1 aromatic carbocycles. The average molecular weight is 246 g/mol. The van der Waals surface area contributed by atoms with Crippen LogP contribution in [0.1, 0.15) is 11.8 Å². The Labute approximate surface area is 107 Å². The molecule has 2 heterocycles. The Hall–Kier alpha value is -1.52. The van der Waals surface area contributed by atoms with Gasteiger partial charge < -0.3 is 19.4 Å². The van der Waals surface area contributed by atoms with Crippen molar-refractivity contribution in [3.05, 3.63) is 30.0 Å². The largest absolute Gasteiger partial charge is 0.497 e. The van der Waals surface area contributed by atoms with Gasteiger partial charge in [0.2, 0.25) is 0 Å². The van der Waals surface area contributed by atoms with Gasteiger partial charge in [0.1, 0.15) is 17.1 Å². The van der Waals surface area contributed by atoms with Crippen LogP contribution in [0.4, 0.5) is 0 Å². The topological polar surface area (TPSA) is 37.6 Å². The van der Waals surface area contributed by atoms with Gasteiger partial charge in [0.05, 0.1) is 13.2 Å². The van der Waals surface area contributed by atoms with Crippen LogP contribution in [0.5, 0.6) is 5.75 Å². The molecule has 1 atom stereocenters. The van der Waals surface area contributed by atoms with E-state index in [1.165, 1.54) is 0 Å². The van der Waals surface area contributed by atoms with Crippen LogP contribution in [0.2, 0.25) is 0 Å². The first kappa shape index (κ1) is 11.6. The number of piperazine rings is 1. The number of rotatable bonds is 2. The molecule has 3 rings (SSSR count). The fourth-order valence-corrected chi connectivity index (χ4v) is 2.43. The fourth-order valence-electron chi connectivity index (χ4n) is 2.43. The van der Waals surface area contributed by atoms with Crippen molar-refractivity contribution in [3.8, 4) is 5.75 Å². The number of benzene rings is 1. The number of ether oxygens (including phenoxy) is 1. The fraction of sp³-hybridized carbons (Fsp3) is 0.429. The lowest BCUT2D eigenvalue weighted by atomic mass is 10.1. The van der Waals surface area contributed by atoms with Gasteiger partial charge >= 0.3 is 0 Å². The van der Waals surface area contributed by atoms with Crippen LogP contribution in [0.25, 0.3) is 11.0 Å². The normalized spacial score (nSPS) is 21.3. The Morgan fingerprint density at radius 1 is 1.39 bits per heavy atom. The van der Waals surface area contributed by atoms with Crippen molar-refractivity contribution in [2.45, 2.75) is 6.04 Å². The average Bonchev–Trinajstić information content (AvgIpc) is 2.81. The first-order chi connectivity index (χ1) is 8.76. The van der Waals surface area contributed by atoms with Gasteiger partial charge in [-0.05, 0) is 31.3 Å². The molecule has 4 heteroatoms. The molecule has 4 nitrogen and oxygen atoms in total. The quantitative estimate of drug-likeness (QED) is 0.879. The zero-order chi connectivity index (χ0) is 12.5. The Kier molecular flexibility index (Phi) is 2.97. The van der Waals surface area contributed by atoms with Crippen LogP contribution >= 0.6 is 0 Å². The predicted molar refractivity (Wildman–Crippen MR) is 71.0 cm³/mol. The van der Waals surface area contributed by atoms with Crippen molar-refractivity contribution < 1.29 is 9.15 Å². The highest BCUT2D eigenvalue weighted by atomic mass is 16.5. The summed E-state index contributed by atoms with van der Waals surface area (Å²) in [4.78, 5) is 2.31. The van der Waals surface area contributed by atoms with E-state index in [1.54, 1.807) is 7.11 Å². The van der Waals surface area contributed by atoms with Crippen LogP contribution in [0.15, 0.2) is 28.7 Å². The third-order valence-electron chi connectivity index (χ3n) is 3.46. The summed E-state index contributed by atoms with van der Waals surface area (Å²) in [6.07, 6.45) is 0. The molecular formula is C14H18N2O2. The maximum Gasteiger partial charge on any atom is 0.134 e. The lowest BCUT2D eigenvalue weighted by Crippen LogP contribution is -2.43. The van der Waals surface area contributed by atoms with Crippen molar-refractivity contribution in [2.24, 2.45) is 0 Å². The molecule has 0 saturated carbocycles. The molecule has 0 aliphatic carbocycles. The molecule has 1 unspecified atom stereocenters. The number of fused-ring (bicyclic) bond motifs is 1. The molecule has 1 aliphatic heterocycles. The maximum atomic E-state index is 5.91. The molecule has 1 aliphatic rings. The summed E-state index contributed by atoms with van der Waals surface area (Å²) in [7, 11) is 3.82. The van der Waals surface area contributed by atoms with Gasteiger partial charge in [0, 0.05) is 25.0 Å². The highest BCUT2D eigenvalue weighted by Crippen LogP contribution is 2.28. The van der Waals surface area contributed by atoms with Gasteiger partial charge in [0.25, 0.3) is 0 Å². The van der Waals surface area contributed by atoms with Crippen LogP contribution in [-0.2, 0) is 0 Å².